The van der Waals surface area contributed by atoms with Crippen LogP contribution in [-0.4, -0.2) is 40.8 Å². The Labute approximate surface area is 175 Å². The molecule has 0 aliphatic carbocycles. The molecule has 156 valence electrons. The summed E-state index contributed by atoms with van der Waals surface area (Å²) in [5, 5.41) is 7.74. The number of nitrogens with zero attached hydrogens (tertiary/aromatic N) is 5. The van der Waals surface area contributed by atoms with Crippen LogP contribution in [0.2, 0.25) is 0 Å². The summed E-state index contributed by atoms with van der Waals surface area (Å²) in [4.78, 5) is 20.7. The smallest absolute Gasteiger partial charge is 0.249 e. The zero-order valence-corrected chi connectivity index (χ0v) is 17.6. The summed E-state index contributed by atoms with van der Waals surface area (Å²) in [5.74, 6) is 0.566. The van der Waals surface area contributed by atoms with Crippen LogP contribution in [0.1, 0.15) is 23.7 Å². The van der Waals surface area contributed by atoms with Gasteiger partial charge >= 0.3 is 0 Å². The number of nitrogens with one attached hydrogen (secondary N) is 1. The van der Waals surface area contributed by atoms with Crippen LogP contribution in [0, 0.1) is 12.7 Å². The normalized spacial score (nSPS) is 16.0. The second-order valence-electron chi connectivity index (χ2n) is 7.67. The summed E-state index contributed by atoms with van der Waals surface area (Å²) in [5.41, 5.74) is 4.63. The predicted molar refractivity (Wildman–Crippen MR) is 115 cm³/mol. The van der Waals surface area contributed by atoms with Crippen LogP contribution in [0.3, 0.4) is 0 Å². The standard InChI is InChI=1S/C22H25FN6O/c1-14-21-19(27(3)15(2)22(30)28(21)4)9-20(26-14)24-10-17-11-25-29(13-17)12-16-5-7-18(23)8-6-16/h5-9,11,13,15H,10,12H2,1-4H3,(H,24,26)/t15-/m1/s1. The molecule has 3 heterocycles. The van der Waals surface area contributed by atoms with Gasteiger partial charge in [0.15, 0.2) is 0 Å². The quantitative estimate of drug-likeness (QED) is 0.702. The maximum Gasteiger partial charge on any atom is 0.249 e. The minimum Gasteiger partial charge on any atom is -0.366 e. The lowest BCUT2D eigenvalue weighted by atomic mass is 10.1. The highest BCUT2D eigenvalue weighted by molar-refractivity contribution is 6.05. The Morgan fingerprint density at radius 3 is 2.63 bits per heavy atom. The highest BCUT2D eigenvalue weighted by Gasteiger charge is 2.33. The number of carbonyl (C=O) groups is 1. The number of anilines is 3. The summed E-state index contributed by atoms with van der Waals surface area (Å²) in [6.07, 6.45) is 3.77. The van der Waals surface area contributed by atoms with Crippen LogP contribution >= 0.6 is 0 Å². The van der Waals surface area contributed by atoms with Gasteiger partial charge in [0.1, 0.15) is 17.7 Å². The molecule has 0 radical (unpaired) electrons. The van der Waals surface area contributed by atoms with Crippen molar-refractivity contribution in [1.29, 1.82) is 0 Å². The van der Waals surface area contributed by atoms with Gasteiger partial charge in [0.2, 0.25) is 5.91 Å². The number of aryl methyl sites for hydroxylation is 1. The van der Waals surface area contributed by atoms with Crippen LogP contribution in [0.5, 0.6) is 0 Å². The summed E-state index contributed by atoms with van der Waals surface area (Å²) >= 11 is 0. The molecule has 0 unspecified atom stereocenters. The molecule has 1 aliphatic heterocycles. The predicted octanol–water partition coefficient (Wildman–Crippen LogP) is 3.19. The lowest BCUT2D eigenvalue weighted by Crippen LogP contribution is -2.49. The number of halogens is 1. The minimum absolute atomic E-state index is 0.0594. The van der Waals surface area contributed by atoms with E-state index >= 15 is 0 Å². The molecular weight excluding hydrogens is 383 g/mol. The molecule has 0 bridgehead atoms. The van der Waals surface area contributed by atoms with Crippen LogP contribution < -0.4 is 15.1 Å². The average molecular weight is 408 g/mol. The number of pyridine rings is 1. The van der Waals surface area contributed by atoms with Crippen molar-refractivity contribution in [1.82, 2.24) is 14.8 Å². The molecule has 8 heteroatoms. The molecule has 4 rings (SSSR count). The summed E-state index contributed by atoms with van der Waals surface area (Å²) < 4.78 is 14.9. The van der Waals surface area contributed by atoms with Gasteiger partial charge in [-0.1, -0.05) is 12.1 Å². The molecule has 1 aromatic carbocycles. The van der Waals surface area contributed by atoms with E-state index in [1.54, 1.807) is 24.1 Å². The summed E-state index contributed by atoms with van der Waals surface area (Å²) in [6, 6.07) is 8.18. The first kappa shape index (κ1) is 19.9. The number of fused-ring (bicyclic) bond motifs is 1. The Morgan fingerprint density at radius 2 is 1.90 bits per heavy atom. The van der Waals surface area contributed by atoms with Crippen LogP contribution in [0.15, 0.2) is 42.7 Å². The van der Waals surface area contributed by atoms with E-state index in [-0.39, 0.29) is 17.8 Å². The molecule has 30 heavy (non-hydrogen) atoms. The highest BCUT2D eigenvalue weighted by atomic mass is 19.1. The van der Waals surface area contributed by atoms with Crippen LogP contribution in [-0.2, 0) is 17.9 Å². The van der Waals surface area contributed by atoms with Gasteiger partial charge in [0, 0.05) is 38.5 Å². The van der Waals surface area contributed by atoms with Gasteiger partial charge in [-0.2, -0.15) is 5.10 Å². The maximum atomic E-state index is 13.1. The number of hydrogen-bond donors (Lipinski definition) is 1. The molecule has 1 N–H and O–H groups in total. The Bertz CT molecular complexity index is 1080. The summed E-state index contributed by atoms with van der Waals surface area (Å²) in [7, 11) is 3.72. The van der Waals surface area contributed by atoms with Gasteiger partial charge in [-0.25, -0.2) is 9.37 Å². The van der Waals surface area contributed by atoms with Crippen molar-refractivity contribution in [3.63, 3.8) is 0 Å². The zero-order chi connectivity index (χ0) is 21.4. The molecule has 1 aliphatic rings. The number of hydrogen-bond acceptors (Lipinski definition) is 5. The lowest BCUT2D eigenvalue weighted by Gasteiger charge is -2.38. The minimum atomic E-state index is -0.243. The fourth-order valence-electron chi connectivity index (χ4n) is 3.74. The number of likely N-dealkylation sites (N-methyl/N-ethyl adjacent to an activating group) is 2. The first-order chi connectivity index (χ1) is 14.3. The number of carbonyl (C=O) groups excluding carboxylic acids is 1. The number of aromatic nitrogens is 3. The van der Waals surface area contributed by atoms with Crippen molar-refractivity contribution in [2.45, 2.75) is 33.0 Å². The topological polar surface area (TPSA) is 66.3 Å². The Balaban J connectivity index is 1.47. The van der Waals surface area contributed by atoms with Gasteiger partial charge in [-0.3, -0.25) is 9.48 Å². The maximum absolute atomic E-state index is 13.1. The molecule has 2 aromatic heterocycles. The third-order valence-corrected chi connectivity index (χ3v) is 5.55. The number of benzene rings is 1. The SMILES string of the molecule is Cc1nc(NCc2cnn(Cc3ccc(F)cc3)c2)cc2c1N(C)C(=O)[C@@H](C)N2C. The summed E-state index contributed by atoms with van der Waals surface area (Å²) in [6.45, 7) is 4.97. The van der Waals surface area contributed by atoms with E-state index in [2.05, 4.69) is 15.4 Å². The zero-order valence-electron chi connectivity index (χ0n) is 17.6. The van der Waals surface area contributed by atoms with E-state index in [1.165, 1.54) is 12.1 Å². The molecule has 1 atom stereocenters. The lowest BCUT2D eigenvalue weighted by molar-refractivity contribution is -0.119. The molecule has 7 nitrogen and oxygen atoms in total. The first-order valence-electron chi connectivity index (χ1n) is 9.85. The second-order valence-corrected chi connectivity index (χ2v) is 7.67. The van der Waals surface area contributed by atoms with Crippen molar-refractivity contribution in [3.8, 4) is 0 Å². The van der Waals surface area contributed by atoms with Crippen molar-refractivity contribution in [2.24, 2.45) is 0 Å². The fourth-order valence-corrected chi connectivity index (χ4v) is 3.74. The van der Waals surface area contributed by atoms with E-state index in [1.807, 2.05) is 48.9 Å². The van der Waals surface area contributed by atoms with Gasteiger partial charge in [0.25, 0.3) is 0 Å². The first-order valence-corrected chi connectivity index (χ1v) is 9.85. The fraction of sp³-hybridized carbons (Fsp3) is 0.318. The number of rotatable bonds is 5. The van der Waals surface area contributed by atoms with Crippen LogP contribution in [0.25, 0.3) is 0 Å². The second kappa shape index (κ2) is 7.78. The van der Waals surface area contributed by atoms with Crippen LogP contribution in [0.4, 0.5) is 21.6 Å². The van der Waals surface area contributed by atoms with Gasteiger partial charge in [-0.15, -0.1) is 0 Å². The van der Waals surface area contributed by atoms with E-state index in [4.69, 9.17) is 0 Å². The largest absolute Gasteiger partial charge is 0.366 e. The van der Waals surface area contributed by atoms with E-state index in [0.717, 1.165) is 34.0 Å². The van der Waals surface area contributed by atoms with E-state index < -0.39 is 0 Å². The van der Waals surface area contributed by atoms with Gasteiger partial charge in [0.05, 0.1) is 29.8 Å². The van der Waals surface area contributed by atoms with Crippen molar-refractivity contribution in [2.75, 3.05) is 29.2 Å². The van der Waals surface area contributed by atoms with Crippen molar-refractivity contribution < 1.29 is 9.18 Å². The molecule has 0 saturated carbocycles. The molecule has 3 aromatic rings. The van der Waals surface area contributed by atoms with Crippen molar-refractivity contribution in [3.05, 3.63) is 65.4 Å². The third kappa shape index (κ3) is 3.72. The Hall–Kier alpha value is -3.42. The Morgan fingerprint density at radius 1 is 1.17 bits per heavy atom. The molecule has 0 fully saturated rings. The van der Waals surface area contributed by atoms with Gasteiger partial charge in [-0.05, 0) is 31.5 Å². The molecule has 0 spiro atoms. The third-order valence-electron chi connectivity index (χ3n) is 5.55. The number of amides is 1. The molecule has 1 amide bonds. The Kier molecular flexibility index (Phi) is 5.15. The molecular formula is C22H25FN6O. The van der Waals surface area contributed by atoms with Crippen molar-refractivity contribution >= 4 is 23.1 Å². The monoisotopic (exact) mass is 408 g/mol. The molecule has 0 saturated heterocycles. The average Bonchev–Trinajstić information content (AvgIpc) is 3.17. The highest BCUT2D eigenvalue weighted by Crippen LogP contribution is 2.37. The van der Waals surface area contributed by atoms with E-state index in [0.29, 0.717) is 13.1 Å². The van der Waals surface area contributed by atoms with Gasteiger partial charge < -0.3 is 15.1 Å². The van der Waals surface area contributed by atoms with E-state index in [9.17, 15) is 9.18 Å².